The van der Waals surface area contributed by atoms with E-state index in [2.05, 4.69) is 20.3 Å². The third kappa shape index (κ3) is 3.78. The van der Waals surface area contributed by atoms with Gasteiger partial charge in [-0.3, -0.25) is 0 Å². The molecule has 0 radical (unpaired) electrons. The van der Waals surface area contributed by atoms with Gasteiger partial charge in [-0.1, -0.05) is 11.6 Å². The van der Waals surface area contributed by atoms with Crippen LogP contribution in [-0.4, -0.2) is 57.8 Å². The second-order valence-corrected chi connectivity index (χ2v) is 8.21. The van der Waals surface area contributed by atoms with E-state index in [0.29, 0.717) is 46.4 Å². The van der Waals surface area contributed by atoms with E-state index in [1.54, 1.807) is 11.9 Å². The molecule has 1 saturated heterocycles. The van der Waals surface area contributed by atoms with Gasteiger partial charge in [-0.25, -0.2) is 24.1 Å². The second-order valence-electron chi connectivity index (χ2n) is 7.80. The zero-order chi connectivity index (χ0) is 22.3. The Morgan fingerprint density at radius 2 is 2.13 bits per heavy atom. The van der Waals surface area contributed by atoms with Crippen LogP contribution in [0.5, 0.6) is 0 Å². The molecule has 3 heterocycles. The number of aromatic nitrogens is 4. The lowest BCUT2D eigenvalue weighted by Gasteiger charge is -2.18. The normalized spacial score (nSPS) is 16.4. The summed E-state index contributed by atoms with van der Waals surface area (Å²) in [5, 5.41) is 3.20. The first-order chi connectivity index (χ1) is 14.8. The number of rotatable bonds is 4. The molecule has 0 unspecified atom stereocenters. The molecule has 1 aliphatic rings. The van der Waals surface area contributed by atoms with Crippen LogP contribution in [0.3, 0.4) is 0 Å². The lowest BCUT2D eigenvalue weighted by atomic mass is 10.1. The molecule has 0 spiro atoms. The van der Waals surface area contributed by atoms with Crippen LogP contribution in [0, 0.1) is 5.82 Å². The van der Waals surface area contributed by atoms with Crippen LogP contribution in [0.2, 0.25) is 5.02 Å². The minimum atomic E-state index is -0.448. The smallest absolute Gasteiger partial charge is 0.409 e. The van der Waals surface area contributed by atoms with Crippen molar-refractivity contribution in [1.82, 2.24) is 24.4 Å². The van der Waals surface area contributed by atoms with Gasteiger partial charge >= 0.3 is 6.09 Å². The molecule has 1 aromatic carbocycles. The maximum Gasteiger partial charge on any atom is 0.409 e. The standard InChI is InChI=1S/C21H24ClFN6O2/c1-11(2)29-16-8-13(17-14(22)9-25-20(24-3)27-17)7-15(23)18(16)26-19(29)12-5-6-28(10-12)21(30)31-4/h7-9,11-12H,5-6,10H2,1-4H3,(H,24,25,27)/t12-/m1/s1. The Morgan fingerprint density at radius 1 is 1.35 bits per heavy atom. The molecule has 3 aromatic rings. The number of ether oxygens (including phenoxy) is 1. The molecular weight excluding hydrogens is 423 g/mol. The van der Waals surface area contributed by atoms with Gasteiger partial charge < -0.3 is 19.5 Å². The van der Waals surface area contributed by atoms with E-state index in [1.807, 2.05) is 24.5 Å². The molecule has 4 rings (SSSR count). The topological polar surface area (TPSA) is 85.2 Å². The number of likely N-dealkylation sites (tertiary alicyclic amines) is 1. The zero-order valence-corrected chi connectivity index (χ0v) is 18.6. The molecule has 0 bridgehead atoms. The fourth-order valence-electron chi connectivity index (χ4n) is 4.09. The number of halogens is 2. The first-order valence-corrected chi connectivity index (χ1v) is 10.5. The van der Waals surface area contributed by atoms with E-state index >= 15 is 4.39 Å². The number of imidazole rings is 1. The van der Waals surface area contributed by atoms with Crippen molar-refractivity contribution in [3.05, 3.63) is 35.0 Å². The number of fused-ring (bicyclic) bond motifs is 1. The number of hydrogen-bond donors (Lipinski definition) is 1. The molecule has 1 atom stereocenters. The van der Waals surface area contributed by atoms with Gasteiger partial charge in [-0.15, -0.1) is 0 Å². The van der Waals surface area contributed by atoms with Crippen LogP contribution in [0.15, 0.2) is 18.3 Å². The minimum Gasteiger partial charge on any atom is -0.453 e. The van der Waals surface area contributed by atoms with Crippen LogP contribution < -0.4 is 5.32 Å². The molecule has 2 aromatic heterocycles. The molecule has 164 valence electrons. The van der Waals surface area contributed by atoms with Gasteiger partial charge in [0.2, 0.25) is 5.95 Å². The quantitative estimate of drug-likeness (QED) is 0.636. The van der Waals surface area contributed by atoms with Crippen molar-refractivity contribution in [2.75, 3.05) is 32.6 Å². The van der Waals surface area contributed by atoms with Gasteiger partial charge in [0, 0.05) is 37.7 Å². The number of methoxy groups -OCH3 is 1. The van der Waals surface area contributed by atoms with Gasteiger partial charge in [-0.05, 0) is 32.4 Å². The molecule has 1 amide bonds. The molecule has 1 aliphatic heterocycles. The van der Waals surface area contributed by atoms with Gasteiger partial charge in [0.1, 0.15) is 11.3 Å². The number of nitrogens with one attached hydrogen (secondary N) is 1. The third-order valence-electron chi connectivity index (χ3n) is 5.52. The van der Waals surface area contributed by atoms with E-state index < -0.39 is 5.82 Å². The highest BCUT2D eigenvalue weighted by molar-refractivity contribution is 6.33. The number of amides is 1. The molecular formula is C21H24ClFN6O2. The highest BCUT2D eigenvalue weighted by atomic mass is 35.5. The molecule has 0 aliphatic carbocycles. The SMILES string of the molecule is CNc1ncc(Cl)c(-c2cc(F)c3nc([C@@H]4CCN(C(=O)OC)C4)n(C(C)C)c3c2)n1. The molecule has 0 saturated carbocycles. The van der Waals surface area contributed by atoms with Crippen molar-refractivity contribution in [3.8, 4) is 11.3 Å². The summed E-state index contributed by atoms with van der Waals surface area (Å²) < 4.78 is 22.1. The van der Waals surface area contributed by atoms with Crippen molar-refractivity contribution >= 4 is 34.7 Å². The summed E-state index contributed by atoms with van der Waals surface area (Å²) >= 11 is 6.31. The minimum absolute atomic E-state index is 0.00437. The summed E-state index contributed by atoms with van der Waals surface area (Å²) in [6.45, 7) is 5.12. The van der Waals surface area contributed by atoms with Crippen molar-refractivity contribution in [1.29, 1.82) is 0 Å². The van der Waals surface area contributed by atoms with Gasteiger partial charge in [-0.2, -0.15) is 0 Å². The largest absolute Gasteiger partial charge is 0.453 e. The van der Waals surface area contributed by atoms with Gasteiger partial charge in [0.05, 0.1) is 29.5 Å². The molecule has 31 heavy (non-hydrogen) atoms. The average Bonchev–Trinajstić information content (AvgIpc) is 3.38. The Labute approximate surface area is 184 Å². The molecule has 8 nitrogen and oxygen atoms in total. The summed E-state index contributed by atoms with van der Waals surface area (Å²) in [4.78, 5) is 26.7. The predicted molar refractivity (Wildman–Crippen MR) is 117 cm³/mol. The van der Waals surface area contributed by atoms with E-state index in [4.69, 9.17) is 16.3 Å². The predicted octanol–water partition coefficient (Wildman–Crippen LogP) is 4.46. The van der Waals surface area contributed by atoms with Crippen molar-refractivity contribution in [3.63, 3.8) is 0 Å². The highest BCUT2D eigenvalue weighted by Gasteiger charge is 2.32. The Hall–Kier alpha value is -2.94. The Balaban J connectivity index is 1.84. The first kappa shape index (κ1) is 21.3. The van der Waals surface area contributed by atoms with Crippen LogP contribution in [0.4, 0.5) is 15.1 Å². The average molecular weight is 447 g/mol. The molecule has 10 heteroatoms. The molecule has 1 fully saturated rings. The van der Waals surface area contributed by atoms with Gasteiger partial charge in [0.25, 0.3) is 0 Å². The second kappa shape index (κ2) is 8.30. The highest BCUT2D eigenvalue weighted by Crippen LogP contribution is 2.36. The summed E-state index contributed by atoms with van der Waals surface area (Å²) in [6.07, 6.45) is 1.87. The third-order valence-corrected chi connectivity index (χ3v) is 5.80. The summed E-state index contributed by atoms with van der Waals surface area (Å²) in [6, 6.07) is 3.29. The lowest BCUT2D eigenvalue weighted by molar-refractivity contribution is 0.132. The maximum absolute atomic E-state index is 15.2. The summed E-state index contributed by atoms with van der Waals surface area (Å²) in [7, 11) is 3.07. The molecule has 1 N–H and O–H groups in total. The maximum atomic E-state index is 15.2. The van der Waals surface area contributed by atoms with Crippen LogP contribution in [-0.2, 0) is 4.74 Å². The number of nitrogens with zero attached hydrogens (tertiary/aromatic N) is 5. The van der Waals surface area contributed by atoms with Crippen LogP contribution >= 0.6 is 11.6 Å². The van der Waals surface area contributed by atoms with E-state index in [0.717, 1.165) is 12.2 Å². The summed E-state index contributed by atoms with van der Waals surface area (Å²) in [5.74, 6) is 0.705. The first-order valence-electron chi connectivity index (χ1n) is 10.1. The number of hydrogen-bond acceptors (Lipinski definition) is 6. The Kier molecular flexibility index (Phi) is 5.70. The number of anilines is 1. The van der Waals surface area contributed by atoms with E-state index in [9.17, 15) is 4.79 Å². The summed E-state index contributed by atoms with van der Waals surface area (Å²) in [5.41, 5.74) is 1.95. The van der Waals surface area contributed by atoms with Crippen LogP contribution in [0.1, 0.15) is 38.1 Å². The number of benzene rings is 1. The van der Waals surface area contributed by atoms with Crippen molar-refractivity contribution in [2.24, 2.45) is 0 Å². The fraction of sp³-hybridized carbons (Fsp3) is 0.429. The zero-order valence-electron chi connectivity index (χ0n) is 17.8. The van der Waals surface area contributed by atoms with Crippen LogP contribution in [0.25, 0.3) is 22.3 Å². The van der Waals surface area contributed by atoms with Crippen molar-refractivity contribution < 1.29 is 13.9 Å². The van der Waals surface area contributed by atoms with E-state index in [-0.39, 0.29) is 18.1 Å². The Bertz CT molecular complexity index is 1150. The monoisotopic (exact) mass is 446 g/mol. The van der Waals surface area contributed by atoms with Gasteiger partial charge in [0.15, 0.2) is 5.82 Å². The lowest BCUT2D eigenvalue weighted by Crippen LogP contribution is -2.28. The fourth-order valence-corrected chi connectivity index (χ4v) is 4.29. The Morgan fingerprint density at radius 3 is 2.81 bits per heavy atom. The van der Waals surface area contributed by atoms with E-state index in [1.165, 1.54) is 19.4 Å². The number of carbonyl (C=O) groups excluding carboxylic acids is 1. The number of carbonyl (C=O) groups is 1. The van der Waals surface area contributed by atoms with Crippen molar-refractivity contribution in [2.45, 2.75) is 32.2 Å².